The van der Waals surface area contributed by atoms with Gasteiger partial charge >= 0.3 is 0 Å². The van der Waals surface area contributed by atoms with Crippen LogP contribution in [-0.4, -0.2) is 62.7 Å². The van der Waals surface area contributed by atoms with Crippen LogP contribution in [0.2, 0.25) is 0 Å². The van der Waals surface area contributed by atoms with Gasteiger partial charge in [0.1, 0.15) is 0 Å². The van der Waals surface area contributed by atoms with E-state index in [-0.39, 0.29) is 0 Å². The molecule has 0 saturated carbocycles. The zero-order valence-electron chi connectivity index (χ0n) is 12.0. The Morgan fingerprint density at radius 2 is 1.88 bits per heavy atom. The maximum Gasteiger partial charge on any atom is 0.0109 e. The Morgan fingerprint density at radius 3 is 2.65 bits per heavy atom. The Labute approximate surface area is 108 Å². The minimum atomic E-state index is 0.774. The zero-order valence-corrected chi connectivity index (χ0v) is 12.0. The molecule has 0 aromatic heterocycles. The third-order valence-electron chi connectivity index (χ3n) is 3.44. The van der Waals surface area contributed by atoms with Crippen LogP contribution in [0, 0.1) is 5.92 Å². The molecule has 0 unspecified atom stereocenters. The van der Waals surface area contributed by atoms with Gasteiger partial charge in [0.15, 0.2) is 0 Å². The van der Waals surface area contributed by atoms with E-state index >= 15 is 0 Å². The third-order valence-corrected chi connectivity index (χ3v) is 3.44. The van der Waals surface area contributed by atoms with Crippen molar-refractivity contribution in [3.05, 3.63) is 0 Å². The van der Waals surface area contributed by atoms with Gasteiger partial charge in [-0.25, -0.2) is 0 Å². The zero-order chi connectivity index (χ0) is 12.5. The third kappa shape index (κ3) is 7.74. The van der Waals surface area contributed by atoms with Gasteiger partial charge in [-0.3, -0.25) is 0 Å². The topological polar surface area (TPSA) is 18.5 Å². The number of nitrogens with one attached hydrogen (secondary N) is 1. The normalized spacial score (nSPS) is 19.8. The number of nitrogens with zero attached hydrogens (tertiary/aromatic N) is 2. The van der Waals surface area contributed by atoms with E-state index in [4.69, 9.17) is 0 Å². The molecule has 1 N–H and O–H groups in total. The summed E-state index contributed by atoms with van der Waals surface area (Å²) in [5.41, 5.74) is 0. The SMILES string of the molecule is CC(C)CNCCCCN1CCCN(C)CC1. The molecular formula is C14H31N3. The van der Waals surface area contributed by atoms with E-state index in [9.17, 15) is 0 Å². The lowest BCUT2D eigenvalue weighted by atomic mass is 10.2. The molecule has 1 rings (SSSR count). The van der Waals surface area contributed by atoms with E-state index in [0.717, 1.165) is 12.5 Å². The highest BCUT2D eigenvalue weighted by Gasteiger charge is 2.10. The van der Waals surface area contributed by atoms with E-state index in [2.05, 4.69) is 36.0 Å². The Bertz CT molecular complexity index is 182. The van der Waals surface area contributed by atoms with Crippen LogP contribution in [-0.2, 0) is 0 Å². The van der Waals surface area contributed by atoms with Gasteiger partial charge in [-0.05, 0) is 65.0 Å². The van der Waals surface area contributed by atoms with Gasteiger partial charge in [-0.15, -0.1) is 0 Å². The van der Waals surface area contributed by atoms with E-state index in [1.807, 2.05) is 0 Å². The van der Waals surface area contributed by atoms with Crippen molar-refractivity contribution in [2.75, 3.05) is 52.9 Å². The highest BCUT2D eigenvalue weighted by molar-refractivity contribution is 4.67. The maximum atomic E-state index is 3.52. The molecule has 0 amide bonds. The number of rotatable bonds is 7. The first-order valence-electron chi connectivity index (χ1n) is 7.30. The summed E-state index contributed by atoms with van der Waals surface area (Å²) in [5.74, 6) is 0.774. The number of likely N-dealkylation sites (N-methyl/N-ethyl adjacent to an activating group) is 1. The van der Waals surface area contributed by atoms with Crippen LogP contribution in [0.25, 0.3) is 0 Å². The Morgan fingerprint density at radius 1 is 1.06 bits per heavy atom. The predicted molar refractivity (Wildman–Crippen MR) is 75.5 cm³/mol. The summed E-state index contributed by atoms with van der Waals surface area (Å²) in [6, 6.07) is 0. The van der Waals surface area contributed by atoms with Crippen molar-refractivity contribution in [3.63, 3.8) is 0 Å². The monoisotopic (exact) mass is 241 g/mol. The lowest BCUT2D eigenvalue weighted by Crippen LogP contribution is -2.30. The van der Waals surface area contributed by atoms with Crippen molar-refractivity contribution in [3.8, 4) is 0 Å². The van der Waals surface area contributed by atoms with E-state index in [1.165, 1.54) is 58.5 Å². The average molecular weight is 241 g/mol. The van der Waals surface area contributed by atoms with Gasteiger partial charge in [-0.2, -0.15) is 0 Å². The van der Waals surface area contributed by atoms with Crippen LogP contribution in [0.3, 0.4) is 0 Å². The molecule has 1 fully saturated rings. The number of hydrogen-bond donors (Lipinski definition) is 1. The number of hydrogen-bond acceptors (Lipinski definition) is 3. The standard InChI is InChI=1S/C14H31N3/c1-14(2)13-15-7-4-5-9-17-10-6-8-16(3)11-12-17/h14-15H,4-13H2,1-3H3. The molecule has 0 aromatic rings. The maximum absolute atomic E-state index is 3.52. The molecular weight excluding hydrogens is 210 g/mol. The van der Waals surface area contributed by atoms with Crippen molar-refractivity contribution < 1.29 is 0 Å². The van der Waals surface area contributed by atoms with E-state index in [0.29, 0.717) is 0 Å². The molecule has 1 heterocycles. The largest absolute Gasteiger partial charge is 0.316 e. The van der Waals surface area contributed by atoms with Crippen molar-refractivity contribution in [2.45, 2.75) is 33.1 Å². The highest BCUT2D eigenvalue weighted by Crippen LogP contribution is 2.02. The van der Waals surface area contributed by atoms with Gasteiger partial charge in [0.05, 0.1) is 0 Å². The summed E-state index contributed by atoms with van der Waals surface area (Å²) in [5, 5.41) is 3.52. The molecule has 1 aliphatic rings. The molecule has 0 radical (unpaired) electrons. The second-order valence-electron chi connectivity index (χ2n) is 5.80. The van der Waals surface area contributed by atoms with Crippen LogP contribution < -0.4 is 5.32 Å². The summed E-state index contributed by atoms with van der Waals surface area (Å²) >= 11 is 0. The lowest BCUT2D eigenvalue weighted by Gasteiger charge is -2.19. The van der Waals surface area contributed by atoms with Gasteiger partial charge in [-0.1, -0.05) is 13.8 Å². The molecule has 0 atom stereocenters. The van der Waals surface area contributed by atoms with Crippen molar-refractivity contribution in [1.29, 1.82) is 0 Å². The first kappa shape index (κ1) is 14.9. The molecule has 3 nitrogen and oxygen atoms in total. The molecule has 102 valence electrons. The smallest absolute Gasteiger partial charge is 0.0109 e. The molecule has 0 aromatic carbocycles. The van der Waals surface area contributed by atoms with Gasteiger partial charge in [0, 0.05) is 13.1 Å². The molecule has 1 aliphatic heterocycles. The Kier molecular flexibility index (Phi) is 7.82. The predicted octanol–water partition coefficient (Wildman–Crippen LogP) is 1.65. The Hall–Kier alpha value is -0.120. The second-order valence-corrected chi connectivity index (χ2v) is 5.80. The van der Waals surface area contributed by atoms with Crippen LogP contribution in [0.4, 0.5) is 0 Å². The fourth-order valence-electron chi connectivity index (χ4n) is 2.30. The fourth-order valence-corrected chi connectivity index (χ4v) is 2.30. The quantitative estimate of drug-likeness (QED) is 0.684. The first-order valence-corrected chi connectivity index (χ1v) is 7.30. The second kappa shape index (κ2) is 8.90. The Balaban J connectivity index is 1.95. The van der Waals surface area contributed by atoms with Crippen LogP contribution in [0.1, 0.15) is 33.1 Å². The lowest BCUT2D eigenvalue weighted by molar-refractivity contribution is 0.271. The van der Waals surface area contributed by atoms with Crippen molar-refractivity contribution in [2.24, 2.45) is 5.92 Å². The molecule has 0 spiro atoms. The molecule has 0 bridgehead atoms. The molecule has 0 aliphatic carbocycles. The van der Waals surface area contributed by atoms with Crippen LogP contribution in [0.5, 0.6) is 0 Å². The fraction of sp³-hybridized carbons (Fsp3) is 1.00. The minimum Gasteiger partial charge on any atom is -0.316 e. The van der Waals surface area contributed by atoms with Gasteiger partial charge in [0.25, 0.3) is 0 Å². The summed E-state index contributed by atoms with van der Waals surface area (Å²) < 4.78 is 0. The summed E-state index contributed by atoms with van der Waals surface area (Å²) in [6.07, 6.45) is 4.00. The molecule has 3 heteroatoms. The summed E-state index contributed by atoms with van der Waals surface area (Å²) in [7, 11) is 2.24. The summed E-state index contributed by atoms with van der Waals surface area (Å²) in [4.78, 5) is 5.08. The average Bonchev–Trinajstić information content (AvgIpc) is 2.48. The highest BCUT2D eigenvalue weighted by atomic mass is 15.2. The molecule has 1 saturated heterocycles. The minimum absolute atomic E-state index is 0.774. The van der Waals surface area contributed by atoms with E-state index in [1.54, 1.807) is 0 Å². The molecule has 17 heavy (non-hydrogen) atoms. The van der Waals surface area contributed by atoms with E-state index < -0.39 is 0 Å². The van der Waals surface area contributed by atoms with Gasteiger partial charge in [0.2, 0.25) is 0 Å². The summed E-state index contributed by atoms with van der Waals surface area (Å²) in [6.45, 7) is 13.2. The first-order chi connectivity index (χ1) is 8.18. The number of unbranched alkanes of at least 4 members (excludes halogenated alkanes) is 1. The van der Waals surface area contributed by atoms with Crippen LogP contribution in [0.15, 0.2) is 0 Å². The van der Waals surface area contributed by atoms with Crippen molar-refractivity contribution in [1.82, 2.24) is 15.1 Å². The van der Waals surface area contributed by atoms with Crippen molar-refractivity contribution >= 4 is 0 Å². The van der Waals surface area contributed by atoms with Gasteiger partial charge < -0.3 is 15.1 Å². The van der Waals surface area contributed by atoms with Crippen LogP contribution >= 0.6 is 0 Å².